The molecule has 2 aromatic rings. The van der Waals surface area contributed by atoms with Crippen molar-refractivity contribution in [3.8, 4) is 11.5 Å². The number of nitrogens with one attached hydrogen (secondary N) is 1. The van der Waals surface area contributed by atoms with Crippen LogP contribution in [0.5, 0.6) is 11.5 Å². The third-order valence-corrected chi connectivity index (χ3v) is 3.85. The summed E-state index contributed by atoms with van der Waals surface area (Å²) >= 11 is 0. The van der Waals surface area contributed by atoms with Crippen molar-refractivity contribution in [3.63, 3.8) is 0 Å². The average molecular weight is 340 g/mol. The van der Waals surface area contributed by atoms with E-state index >= 15 is 0 Å². The first-order chi connectivity index (χ1) is 12.0. The Balaban J connectivity index is 1.63. The second-order valence-electron chi connectivity index (χ2n) is 5.85. The number of carbonyl (C=O) groups is 2. The highest BCUT2D eigenvalue weighted by Crippen LogP contribution is 2.34. The van der Waals surface area contributed by atoms with Crippen molar-refractivity contribution in [2.24, 2.45) is 0 Å². The highest BCUT2D eigenvalue weighted by atomic mass is 16.5. The molecule has 0 bridgehead atoms. The molecule has 0 radical (unpaired) electrons. The maximum absolute atomic E-state index is 12.1. The van der Waals surface area contributed by atoms with Gasteiger partial charge in [-0.05, 0) is 36.8 Å². The Labute approximate surface area is 146 Å². The number of rotatable bonds is 4. The van der Waals surface area contributed by atoms with E-state index in [-0.39, 0.29) is 18.4 Å². The van der Waals surface area contributed by atoms with E-state index in [1.165, 1.54) is 6.92 Å². The van der Waals surface area contributed by atoms with Gasteiger partial charge in [0, 0.05) is 18.7 Å². The lowest BCUT2D eigenvalue weighted by Gasteiger charge is -2.29. The van der Waals surface area contributed by atoms with Gasteiger partial charge in [-0.2, -0.15) is 0 Å². The van der Waals surface area contributed by atoms with Gasteiger partial charge < -0.3 is 19.7 Å². The minimum atomic E-state index is -0.263. The third-order valence-electron chi connectivity index (χ3n) is 3.85. The molecule has 6 heteroatoms. The average Bonchev–Trinajstić information content (AvgIpc) is 2.59. The summed E-state index contributed by atoms with van der Waals surface area (Å²) in [5.41, 5.74) is 2.38. The van der Waals surface area contributed by atoms with Gasteiger partial charge in [0.05, 0.1) is 12.2 Å². The molecule has 6 nitrogen and oxygen atoms in total. The van der Waals surface area contributed by atoms with Crippen LogP contribution in [0.3, 0.4) is 0 Å². The Morgan fingerprint density at radius 1 is 1.24 bits per heavy atom. The summed E-state index contributed by atoms with van der Waals surface area (Å²) in [7, 11) is 0. The number of amides is 2. The molecule has 3 rings (SSSR count). The van der Waals surface area contributed by atoms with E-state index in [0.29, 0.717) is 36.0 Å². The lowest BCUT2D eigenvalue weighted by molar-refractivity contribution is -0.118. The molecule has 1 aliphatic rings. The largest absolute Gasteiger partial charge is 0.489 e. The second kappa shape index (κ2) is 7.25. The number of aryl methyl sites for hydroxylation is 1. The molecule has 2 amide bonds. The van der Waals surface area contributed by atoms with Crippen LogP contribution in [-0.2, 0) is 9.59 Å². The lowest BCUT2D eigenvalue weighted by atomic mass is 10.2. The first kappa shape index (κ1) is 16.8. The molecule has 0 fully saturated rings. The number of benzene rings is 2. The maximum atomic E-state index is 12.1. The van der Waals surface area contributed by atoms with E-state index in [4.69, 9.17) is 9.47 Å². The van der Waals surface area contributed by atoms with Crippen LogP contribution < -0.4 is 19.7 Å². The molecule has 0 aliphatic carbocycles. The van der Waals surface area contributed by atoms with Crippen LogP contribution in [0.2, 0.25) is 0 Å². The summed E-state index contributed by atoms with van der Waals surface area (Å²) in [5, 5.41) is 2.77. The van der Waals surface area contributed by atoms with Crippen LogP contribution in [0.1, 0.15) is 12.5 Å². The fourth-order valence-corrected chi connectivity index (χ4v) is 2.68. The Kier molecular flexibility index (Phi) is 4.88. The Bertz CT molecular complexity index is 804. The van der Waals surface area contributed by atoms with E-state index in [1.807, 2.05) is 31.2 Å². The summed E-state index contributed by atoms with van der Waals surface area (Å²) < 4.78 is 11.1. The summed E-state index contributed by atoms with van der Waals surface area (Å²) in [4.78, 5) is 25.4. The second-order valence-corrected chi connectivity index (χ2v) is 5.85. The number of fused-ring (bicyclic) bond motifs is 1. The molecule has 1 N–H and O–H groups in total. The Morgan fingerprint density at radius 2 is 2.08 bits per heavy atom. The van der Waals surface area contributed by atoms with Crippen molar-refractivity contribution >= 4 is 23.2 Å². The van der Waals surface area contributed by atoms with Gasteiger partial charge in [0.25, 0.3) is 5.91 Å². The Hall–Kier alpha value is -3.02. The number of anilines is 2. The molecule has 0 spiro atoms. The molecule has 0 saturated carbocycles. The molecule has 1 aliphatic heterocycles. The summed E-state index contributed by atoms with van der Waals surface area (Å²) in [6, 6.07) is 12.8. The highest BCUT2D eigenvalue weighted by Gasteiger charge is 2.21. The predicted molar refractivity (Wildman–Crippen MR) is 95.3 cm³/mol. The van der Waals surface area contributed by atoms with Crippen LogP contribution in [0.4, 0.5) is 11.4 Å². The minimum Gasteiger partial charge on any atom is -0.489 e. The normalized spacial score (nSPS) is 12.8. The smallest absolute Gasteiger partial charge is 0.262 e. The first-order valence-electron chi connectivity index (χ1n) is 8.07. The molecule has 130 valence electrons. The van der Waals surface area contributed by atoms with Gasteiger partial charge >= 0.3 is 0 Å². The van der Waals surface area contributed by atoms with Gasteiger partial charge in [0.1, 0.15) is 18.1 Å². The number of hydrogen-bond donors (Lipinski definition) is 1. The minimum absolute atomic E-state index is 0.0344. The van der Waals surface area contributed by atoms with E-state index in [9.17, 15) is 9.59 Å². The fraction of sp³-hybridized carbons (Fsp3) is 0.263. The van der Waals surface area contributed by atoms with Gasteiger partial charge in [-0.1, -0.05) is 12.1 Å². The molecule has 25 heavy (non-hydrogen) atoms. The zero-order valence-corrected chi connectivity index (χ0v) is 14.2. The van der Waals surface area contributed by atoms with Crippen molar-refractivity contribution in [2.75, 3.05) is 30.0 Å². The lowest BCUT2D eigenvalue weighted by Crippen LogP contribution is -2.36. The van der Waals surface area contributed by atoms with Crippen LogP contribution in [0.15, 0.2) is 42.5 Å². The topological polar surface area (TPSA) is 67.9 Å². The molecule has 2 aromatic carbocycles. The third kappa shape index (κ3) is 4.09. The zero-order chi connectivity index (χ0) is 17.8. The highest BCUT2D eigenvalue weighted by molar-refractivity contribution is 5.96. The standard InChI is InChI=1S/C19H20N2O4/c1-13-4-3-5-16(10-13)25-12-19(23)20-15-6-7-17-18(11-15)24-9-8-21(17)14(2)22/h3-7,10-11H,8-9,12H2,1-2H3,(H,20,23). The van der Waals surface area contributed by atoms with Gasteiger partial charge in [-0.15, -0.1) is 0 Å². The van der Waals surface area contributed by atoms with Crippen molar-refractivity contribution in [2.45, 2.75) is 13.8 Å². The van der Waals surface area contributed by atoms with Gasteiger partial charge in [0.15, 0.2) is 6.61 Å². The first-order valence-corrected chi connectivity index (χ1v) is 8.07. The van der Waals surface area contributed by atoms with Gasteiger partial charge in [0.2, 0.25) is 5.91 Å². The van der Waals surface area contributed by atoms with Crippen LogP contribution in [0.25, 0.3) is 0 Å². The SMILES string of the molecule is CC(=O)N1CCOc2cc(NC(=O)COc3cccc(C)c3)ccc21. The van der Waals surface area contributed by atoms with E-state index in [0.717, 1.165) is 5.56 Å². The number of nitrogens with zero attached hydrogens (tertiary/aromatic N) is 1. The van der Waals surface area contributed by atoms with Crippen LogP contribution in [-0.4, -0.2) is 31.6 Å². The molecule has 1 heterocycles. The molecule has 0 saturated heterocycles. The zero-order valence-electron chi connectivity index (χ0n) is 14.2. The summed E-state index contributed by atoms with van der Waals surface area (Å²) in [6.07, 6.45) is 0. The van der Waals surface area contributed by atoms with Crippen molar-refractivity contribution < 1.29 is 19.1 Å². The maximum Gasteiger partial charge on any atom is 0.262 e. The summed E-state index contributed by atoms with van der Waals surface area (Å²) in [5.74, 6) is 0.938. The molecule has 0 unspecified atom stereocenters. The van der Waals surface area contributed by atoms with Gasteiger partial charge in [-0.25, -0.2) is 0 Å². The van der Waals surface area contributed by atoms with E-state index in [2.05, 4.69) is 5.32 Å². The summed E-state index contributed by atoms with van der Waals surface area (Å²) in [6.45, 7) is 4.36. The monoisotopic (exact) mass is 340 g/mol. The van der Waals surface area contributed by atoms with E-state index < -0.39 is 0 Å². The van der Waals surface area contributed by atoms with E-state index in [1.54, 1.807) is 23.1 Å². The Morgan fingerprint density at radius 3 is 2.84 bits per heavy atom. The van der Waals surface area contributed by atoms with Crippen molar-refractivity contribution in [3.05, 3.63) is 48.0 Å². The number of carbonyl (C=O) groups excluding carboxylic acids is 2. The van der Waals surface area contributed by atoms with Crippen LogP contribution in [0, 0.1) is 6.92 Å². The molecule has 0 aromatic heterocycles. The quantitative estimate of drug-likeness (QED) is 0.929. The fourth-order valence-electron chi connectivity index (χ4n) is 2.68. The molecular weight excluding hydrogens is 320 g/mol. The molecular formula is C19H20N2O4. The predicted octanol–water partition coefficient (Wildman–Crippen LogP) is 2.76. The number of ether oxygens (including phenoxy) is 2. The van der Waals surface area contributed by atoms with Crippen molar-refractivity contribution in [1.29, 1.82) is 0 Å². The van der Waals surface area contributed by atoms with Crippen LogP contribution >= 0.6 is 0 Å². The number of hydrogen-bond acceptors (Lipinski definition) is 4. The van der Waals surface area contributed by atoms with Gasteiger partial charge in [-0.3, -0.25) is 9.59 Å². The van der Waals surface area contributed by atoms with Crippen molar-refractivity contribution in [1.82, 2.24) is 0 Å². The molecule has 0 atom stereocenters.